The van der Waals surface area contributed by atoms with Crippen LogP contribution in [0.4, 0.5) is 5.82 Å². The number of carbonyl (C=O) groups is 1. The number of carboxylic acids is 1. The van der Waals surface area contributed by atoms with Gasteiger partial charge in [-0.1, -0.05) is 11.6 Å². The zero-order chi connectivity index (χ0) is 11.3. The fourth-order valence-electron chi connectivity index (χ4n) is 0.985. The van der Waals surface area contributed by atoms with Gasteiger partial charge in [0.05, 0.1) is 10.6 Å². The summed E-state index contributed by atoms with van der Waals surface area (Å²) >= 11 is 5.83. The Hall–Kier alpha value is -1.73. The number of carboxylic acid groups (broad SMARTS) is 1. The lowest BCUT2D eigenvalue weighted by molar-refractivity contribution is 0.0697. The van der Waals surface area contributed by atoms with Crippen LogP contribution in [0.25, 0.3) is 0 Å². The topological polar surface area (TPSA) is 62.2 Å². The van der Waals surface area contributed by atoms with Crippen molar-refractivity contribution in [2.75, 3.05) is 11.9 Å². The minimum absolute atomic E-state index is 0.0230. The van der Waals surface area contributed by atoms with Crippen LogP contribution in [-0.2, 0) is 0 Å². The van der Waals surface area contributed by atoms with Crippen molar-refractivity contribution < 1.29 is 9.90 Å². The number of halogens is 1. The minimum Gasteiger partial charge on any atom is -0.478 e. The number of anilines is 1. The second-order valence-electron chi connectivity index (χ2n) is 2.71. The van der Waals surface area contributed by atoms with Gasteiger partial charge in [0.15, 0.2) is 0 Å². The first-order valence-electron chi connectivity index (χ1n) is 4.22. The van der Waals surface area contributed by atoms with Crippen LogP contribution in [0.1, 0.15) is 16.8 Å². The first-order valence-corrected chi connectivity index (χ1v) is 4.59. The molecule has 0 saturated heterocycles. The Bertz CT molecular complexity index is 412. The average Bonchev–Trinajstić information content (AvgIpc) is 2.20. The predicted molar refractivity (Wildman–Crippen MR) is 58.1 cm³/mol. The van der Waals surface area contributed by atoms with E-state index in [9.17, 15) is 4.79 Å². The zero-order valence-corrected chi connectivity index (χ0v) is 8.58. The third-order valence-electron chi connectivity index (χ3n) is 1.68. The fraction of sp³-hybridized carbons (Fsp3) is 0.200. The van der Waals surface area contributed by atoms with E-state index in [4.69, 9.17) is 23.1 Å². The molecule has 1 aromatic rings. The molecule has 0 aliphatic heterocycles. The molecule has 1 rings (SSSR count). The van der Waals surface area contributed by atoms with Gasteiger partial charge >= 0.3 is 5.97 Å². The Labute approximate surface area is 92.3 Å². The van der Waals surface area contributed by atoms with Gasteiger partial charge in [-0.15, -0.1) is 12.3 Å². The Kier molecular flexibility index (Phi) is 3.95. The lowest BCUT2D eigenvalue weighted by atomic mass is 10.2. The highest BCUT2D eigenvalue weighted by Gasteiger charge is 2.12. The Morgan fingerprint density at radius 2 is 2.47 bits per heavy atom. The molecule has 0 saturated carbocycles. The van der Waals surface area contributed by atoms with E-state index in [1.807, 2.05) is 0 Å². The van der Waals surface area contributed by atoms with Gasteiger partial charge in [-0.2, -0.15) is 0 Å². The van der Waals surface area contributed by atoms with Gasteiger partial charge in [0.1, 0.15) is 5.82 Å². The van der Waals surface area contributed by atoms with E-state index < -0.39 is 5.97 Å². The minimum atomic E-state index is -1.08. The number of nitrogens with one attached hydrogen (secondary N) is 1. The summed E-state index contributed by atoms with van der Waals surface area (Å²) in [6.45, 7) is 0.506. The maximum absolute atomic E-state index is 10.7. The molecule has 0 aromatic carbocycles. The summed E-state index contributed by atoms with van der Waals surface area (Å²) in [7, 11) is 0. The van der Waals surface area contributed by atoms with E-state index in [0.29, 0.717) is 18.8 Å². The van der Waals surface area contributed by atoms with Crippen molar-refractivity contribution in [3.05, 3.63) is 22.8 Å². The van der Waals surface area contributed by atoms with Crippen molar-refractivity contribution in [1.29, 1.82) is 0 Å². The number of hydrogen-bond acceptors (Lipinski definition) is 3. The van der Waals surface area contributed by atoms with Crippen LogP contribution < -0.4 is 5.32 Å². The van der Waals surface area contributed by atoms with E-state index in [2.05, 4.69) is 16.2 Å². The molecule has 15 heavy (non-hydrogen) atoms. The maximum atomic E-state index is 10.7. The van der Waals surface area contributed by atoms with Crippen molar-refractivity contribution in [2.24, 2.45) is 0 Å². The molecule has 5 heteroatoms. The summed E-state index contributed by atoms with van der Waals surface area (Å²) in [4.78, 5) is 14.6. The molecular formula is C10H9ClN2O2. The Morgan fingerprint density at radius 3 is 3.07 bits per heavy atom. The summed E-state index contributed by atoms with van der Waals surface area (Å²) in [5.41, 5.74) is 0.0230. The number of pyridine rings is 1. The molecule has 0 aliphatic carbocycles. The van der Waals surface area contributed by atoms with Crippen molar-refractivity contribution in [2.45, 2.75) is 6.42 Å². The van der Waals surface area contributed by atoms with Crippen LogP contribution >= 0.6 is 11.6 Å². The quantitative estimate of drug-likeness (QED) is 0.606. The molecule has 0 fully saturated rings. The van der Waals surface area contributed by atoms with Crippen molar-refractivity contribution in [3.8, 4) is 12.3 Å². The van der Waals surface area contributed by atoms with Gasteiger partial charge in [-0.05, 0) is 6.07 Å². The standard InChI is InChI=1S/C10H9ClN2O2/c1-2-3-5-12-9-8(11)7(10(14)15)4-6-13-9/h1,4,6H,3,5H2,(H,12,13)(H,14,15). The van der Waals surface area contributed by atoms with Gasteiger partial charge < -0.3 is 10.4 Å². The van der Waals surface area contributed by atoms with E-state index in [1.165, 1.54) is 12.3 Å². The molecule has 0 radical (unpaired) electrons. The second-order valence-corrected chi connectivity index (χ2v) is 3.09. The second kappa shape index (κ2) is 5.23. The summed E-state index contributed by atoms with van der Waals surface area (Å²) in [5.74, 6) is 1.70. The van der Waals surface area contributed by atoms with Gasteiger partial charge in [0, 0.05) is 19.2 Å². The third kappa shape index (κ3) is 2.86. The van der Waals surface area contributed by atoms with Crippen LogP contribution in [0.5, 0.6) is 0 Å². The molecule has 0 bridgehead atoms. The number of nitrogens with zero attached hydrogens (tertiary/aromatic N) is 1. The summed E-state index contributed by atoms with van der Waals surface area (Å²) in [6.07, 6.45) is 6.98. The van der Waals surface area contributed by atoms with Crippen LogP contribution in [-0.4, -0.2) is 22.6 Å². The highest BCUT2D eigenvalue weighted by molar-refractivity contribution is 6.35. The van der Waals surface area contributed by atoms with Crippen molar-refractivity contribution in [3.63, 3.8) is 0 Å². The molecule has 4 nitrogen and oxygen atoms in total. The predicted octanol–water partition coefficient (Wildman–Crippen LogP) is 1.87. The average molecular weight is 225 g/mol. The first kappa shape index (κ1) is 11.3. The number of aromatic nitrogens is 1. The van der Waals surface area contributed by atoms with Gasteiger partial charge in [0.2, 0.25) is 0 Å². The third-order valence-corrected chi connectivity index (χ3v) is 2.06. The highest BCUT2D eigenvalue weighted by Crippen LogP contribution is 2.23. The summed E-state index contributed by atoms with van der Waals surface area (Å²) in [5, 5.41) is 11.7. The van der Waals surface area contributed by atoms with Crippen molar-refractivity contribution in [1.82, 2.24) is 4.98 Å². The fourth-order valence-corrected chi connectivity index (χ4v) is 1.24. The molecule has 1 heterocycles. The molecule has 0 spiro atoms. The number of aromatic carboxylic acids is 1. The number of hydrogen-bond donors (Lipinski definition) is 2. The van der Waals surface area contributed by atoms with Crippen LogP contribution in [0.2, 0.25) is 5.02 Å². The molecular weight excluding hydrogens is 216 g/mol. The van der Waals surface area contributed by atoms with Crippen LogP contribution in [0.15, 0.2) is 12.3 Å². The number of rotatable bonds is 4. The van der Waals surface area contributed by atoms with E-state index >= 15 is 0 Å². The Balaban J connectivity index is 2.86. The van der Waals surface area contributed by atoms with Crippen LogP contribution in [0, 0.1) is 12.3 Å². The monoisotopic (exact) mass is 224 g/mol. The van der Waals surface area contributed by atoms with Gasteiger partial charge in [-0.3, -0.25) is 0 Å². The van der Waals surface area contributed by atoms with Crippen molar-refractivity contribution >= 4 is 23.4 Å². The normalized spacial score (nSPS) is 9.33. The molecule has 0 unspecified atom stereocenters. The lowest BCUT2D eigenvalue weighted by Gasteiger charge is -2.06. The molecule has 1 aromatic heterocycles. The number of terminal acetylenes is 1. The SMILES string of the molecule is C#CCCNc1nccc(C(=O)O)c1Cl. The highest BCUT2D eigenvalue weighted by atomic mass is 35.5. The van der Waals surface area contributed by atoms with Crippen LogP contribution in [0.3, 0.4) is 0 Å². The largest absolute Gasteiger partial charge is 0.478 e. The zero-order valence-electron chi connectivity index (χ0n) is 7.83. The van der Waals surface area contributed by atoms with Gasteiger partial charge in [-0.25, -0.2) is 9.78 Å². The summed E-state index contributed by atoms with van der Waals surface area (Å²) < 4.78 is 0. The Morgan fingerprint density at radius 1 is 1.73 bits per heavy atom. The maximum Gasteiger partial charge on any atom is 0.337 e. The van der Waals surface area contributed by atoms with E-state index in [1.54, 1.807) is 0 Å². The lowest BCUT2D eigenvalue weighted by Crippen LogP contribution is -2.06. The smallest absolute Gasteiger partial charge is 0.337 e. The molecule has 0 atom stereocenters. The van der Waals surface area contributed by atoms with Gasteiger partial charge in [0.25, 0.3) is 0 Å². The molecule has 0 aliphatic rings. The van der Waals surface area contributed by atoms with E-state index in [0.717, 1.165) is 0 Å². The first-order chi connectivity index (χ1) is 7.16. The summed E-state index contributed by atoms with van der Waals surface area (Å²) in [6, 6.07) is 1.34. The van der Waals surface area contributed by atoms with E-state index in [-0.39, 0.29) is 10.6 Å². The molecule has 78 valence electrons. The molecule has 2 N–H and O–H groups in total. The molecule has 0 amide bonds.